The van der Waals surface area contributed by atoms with Gasteiger partial charge in [0.15, 0.2) is 0 Å². The van der Waals surface area contributed by atoms with E-state index in [0.717, 1.165) is 5.66 Å². The molecule has 1 heterocycles. The fourth-order valence-electron chi connectivity index (χ4n) is 5.78. The summed E-state index contributed by atoms with van der Waals surface area (Å²) in [5.74, 6) is 0. The van der Waals surface area contributed by atoms with E-state index in [1.54, 1.807) is 27.8 Å². The smallest absolute Gasteiger partial charge is 0.00612 e. The minimum absolute atomic E-state index is 0.0406. The lowest BCUT2D eigenvalue weighted by Gasteiger charge is -2.24. The van der Waals surface area contributed by atoms with Crippen molar-refractivity contribution in [1.82, 2.24) is 0 Å². The van der Waals surface area contributed by atoms with Crippen LogP contribution in [0.3, 0.4) is 0 Å². The van der Waals surface area contributed by atoms with Crippen molar-refractivity contribution in [1.29, 1.82) is 0 Å². The number of hydrogen-bond acceptors (Lipinski definition) is 0. The number of allylic oxidation sites excluding steroid dienone is 1. The molecule has 1 aliphatic heterocycles. The highest BCUT2D eigenvalue weighted by molar-refractivity contribution is 7.56. The number of rotatable bonds is 1. The van der Waals surface area contributed by atoms with Gasteiger partial charge in [-0.1, -0.05) is 81.4 Å². The highest BCUT2D eigenvalue weighted by atomic mass is 31.1. The largest absolute Gasteiger partial charge is 0.0945 e. The molecule has 0 nitrogen and oxygen atoms in total. The van der Waals surface area contributed by atoms with Gasteiger partial charge in [0.2, 0.25) is 0 Å². The SMILES string of the molecule is C1=Cc2ccc3c(c2CC1)-c1c(ccc2ccccc12)CP(C1CCCC1)C3. The molecule has 28 heavy (non-hydrogen) atoms. The Morgan fingerprint density at radius 1 is 0.786 bits per heavy atom. The van der Waals surface area contributed by atoms with Gasteiger partial charge in [-0.2, -0.15) is 0 Å². The van der Waals surface area contributed by atoms with Crippen LogP contribution in [-0.2, 0) is 18.7 Å². The maximum absolute atomic E-state index is 2.48. The van der Waals surface area contributed by atoms with Gasteiger partial charge in [0.1, 0.15) is 0 Å². The van der Waals surface area contributed by atoms with E-state index in [9.17, 15) is 0 Å². The molecule has 1 atom stereocenters. The van der Waals surface area contributed by atoms with E-state index in [4.69, 9.17) is 0 Å². The first kappa shape index (κ1) is 17.0. The third-order valence-corrected chi connectivity index (χ3v) is 10.2. The molecule has 0 aromatic heterocycles. The molecular weight excluding hydrogens is 355 g/mol. The summed E-state index contributed by atoms with van der Waals surface area (Å²) in [5.41, 5.74) is 10.5. The van der Waals surface area contributed by atoms with Crippen LogP contribution in [0.15, 0.2) is 54.6 Å². The van der Waals surface area contributed by atoms with Crippen molar-refractivity contribution >= 4 is 24.8 Å². The zero-order valence-electron chi connectivity index (χ0n) is 16.5. The average molecular weight is 382 g/mol. The second kappa shape index (κ2) is 6.85. The van der Waals surface area contributed by atoms with E-state index in [1.165, 1.54) is 67.2 Å². The number of hydrogen-bond donors (Lipinski definition) is 0. The molecule has 1 saturated carbocycles. The van der Waals surface area contributed by atoms with Crippen LogP contribution in [0.25, 0.3) is 28.0 Å². The Morgan fingerprint density at radius 2 is 1.57 bits per heavy atom. The molecule has 2 aliphatic carbocycles. The Hall–Kier alpha value is -1.91. The highest BCUT2D eigenvalue weighted by Gasteiger charge is 2.31. The lowest BCUT2D eigenvalue weighted by Crippen LogP contribution is -2.03. The molecule has 0 bridgehead atoms. The lowest BCUT2D eigenvalue weighted by molar-refractivity contribution is 0.883. The molecule has 140 valence electrons. The molecular formula is C27H27P. The van der Waals surface area contributed by atoms with Crippen LogP contribution in [0.5, 0.6) is 0 Å². The molecule has 3 aromatic carbocycles. The Morgan fingerprint density at radius 3 is 2.46 bits per heavy atom. The second-order valence-corrected chi connectivity index (χ2v) is 11.3. The van der Waals surface area contributed by atoms with E-state index in [1.807, 2.05) is 0 Å². The van der Waals surface area contributed by atoms with Crippen LogP contribution in [0.1, 0.15) is 54.4 Å². The van der Waals surface area contributed by atoms with E-state index in [2.05, 4.69) is 60.7 Å². The number of fused-ring (bicyclic) bond motifs is 7. The lowest BCUT2D eigenvalue weighted by atomic mass is 9.83. The van der Waals surface area contributed by atoms with Gasteiger partial charge >= 0.3 is 0 Å². The summed E-state index contributed by atoms with van der Waals surface area (Å²) in [7, 11) is 0.0406. The van der Waals surface area contributed by atoms with Gasteiger partial charge in [0.25, 0.3) is 0 Å². The molecule has 1 unspecified atom stereocenters. The first-order chi connectivity index (χ1) is 13.9. The summed E-state index contributed by atoms with van der Waals surface area (Å²) in [5, 5.41) is 2.86. The summed E-state index contributed by atoms with van der Waals surface area (Å²) >= 11 is 0. The van der Waals surface area contributed by atoms with Crippen molar-refractivity contribution in [3.05, 3.63) is 76.9 Å². The third kappa shape index (κ3) is 2.69. The normalized spacial score (nSPS) is 21.2. The quantitative estimate of drug-likeness (QED) is 0.375. The zero-order chi connectivity index (χ0) is 18.5. The average Bonchev–Trinajstić information content (AvgIpc) is 3.22. The van der Waals surface area contributed by atoms with E-state index in [0.29, 0.717) is 0 Å². The summed E-state index contributed by atoms with van der Waals surface area (Å²) in [6.45, 7) is 0. The van der Waals surface area contributed by atoms with Crippen molar-refractivity contribution in [3.8, 4) is 11.1 Å². The van der Waals surface area contributed by atoms with Crippen LogP contribution in [0, 0.1) is 0 Å². The maximum Gasteiger partial charge on any atom is -0.00612 e. The van der Waals surface area contributed by atoms with E-state index >= 15 is 0 Å². The Labute approximate surface area is 169 Å². The van der Waals surface area contributed by atoms with Crippen molar-refractivity contribution in [2.24, 2.45) is 0 Å². The molecule has 0 saturated heterocycles. The van der Waals surface area contributed by atoms with Crippen molar-refractivity contribution < 1.29 is 0 Å². The van der Waals surface area contributed by atoms with Gasteiger partial charge < -0.3 is 0 Å². The van der Waals surface area contributed by atoms with Crippen molar-refractivity contribution in [3.63, 3.8) is 0 Å². The van der Waals surface area contributed by atoms with Gasteiger partial charge in [0, 0.05) is 0 Å². The highest BCUT2D eigenvalue weighted by Crippen LogP contribution is 2.58. The molecule has 3 aliphatic rings. The van der Waals surface area contributed by atoms with Crippen LogP contribution in [0.4, 0.5) is 0 Å². The standard InChI is InChI=1S/C27H27P/c1-5-11-24-19(7-1)13-15-21-17-28(23-9-3-4-10-23)18-22-16-14-20-8-2-6-12-25(20)27(22)26(21)24/h1-2,5,7-8,11,13-16,23H,3-4,6,9-10,12,17-18H2. The predicted octanol–water partition coefficient (Wildman–Crippen LogP) is 7.90. The summed E-state index contributed by atoms with van der Waals surface area (Å²) in [6, 6.07) is 18.8. The molecule has 1 fully saturated rings. The first-order valence-electron chi connectivity index (χ1n) is 10.9. The Bertz CT molecular complexity index is 1080. The molecule has 0 N–H and O–H groups in total. The van der Waals surface area contributed by atoms with Gasteiger partial charge in [-0.05, 0) is 87.8 Å². The van der Waals surface area contributed by atoms with Crippen molar-refractivity contribution in [2.45, 2.75) is 56.5 Å². The molecule has 1 heteroatoms. The zero-order valence-corrected chi connectivity index (χ0v) is 17.3. The summed E-state index contributed by atoms with van der Waals surface area (Å²) < 4.78 is 0. The van der Waals surface area contributed by atoms with Crippen LogP contribution in [0.2, 0.25) is 0 Å². The number of benzene rings is 3. The topological polar surface area (TPSA) is 0 Å². The summed E-state index contributed by atoms with van der Waals surface area (Å²) in [6.07, 6.45) is 15.6. The molecule has 0 radical (unpaired) electrons. The van der Waals surface area contributed by atoms with E-state index < -0.39 is 0 Å². The Kier molecular flexibility index (Phi) is 4.16. The Balaban J connectivity index is 1.65. The van der Waals surface area contributed by atoms with Gasteiger partial charge in [-0.25, -0.2) is 0 Å². The fraction of sp³-hybridized carbons (Fsp3) is 0.333. The molecule has 0 spiro atoms. The van der Waals surface area contributed by atoms with Crippen LogP contribution < -0.4 is 0 Å². The fourth-order valence-corrected chi connectivity index (χ4v) is 8.91. The minimum atomic E-state index is 0.0406. The van der Waals surface area contributed by atoms with E-state index in [-0.39, 0.29) is 7.92 Å². The van der Waals surface area contributed by atoms with Gasteiger partial charge in [-0.3, -0.25) is 0 Å². The van der Waals surface area contributed by atoms with Crippen molar-refractivity contribution in [2.75, 3.05) is 0 Å². The van der Waals surface area contributed by atoms with Gasteiger partial charge in [-0.15, -0.1) is 0 Å². The molecule has 6 rings (SSSR count). The monoisotopic (exact) mass is 382 g/mol. The second-order valence-electron chi connectivity index (χ2n) is 8.77. The summed E-state index contributed by atoms with van der Waals surface area (Å²) in [4.78, 5) is 0. The first-order valence-corrected chi connectivity index (χ1v) is 12.7. The predicted molar refractivity (Wildman–Crippen MR) is 123 cm³/mol. The van der Waals surface area contributed by atoms with Gasteiger partial charge in [0.05, 0.1) is 0 Å². The maximum atomic E-state index is 2.48. The van der Waals surface area contributed by atoms with Crippen LogP contribution in [-0.4, -0.2) is 5.66 Å². The minimum Gasteiger partial charge on any atom is -0.0945 e. The molecule has 3 aromatic rings. The van der Waals surface area contributed by atoms with Crippen LogP contribution >= 0.6 is 7.92 Å². The third-order valence-electron chi connectivity index (χ3n) is 7.15. The molecule has 0 amide bonds.